The largest absolute Gasteiger partial charge is 0.497 e. The fourth-order valence-electron chi connectivity index (χ4n) is 4.16. The molecule has 0 amide bonds. The molecule has 0 radical (unpaired) electrons. The molecule has 2 saturated heterocycles. The van der Waals surface area contributed by atoms with Crippen LogP contribution in [0.15, 0.2) is 48.5 Å². The van der Waals surface area contributed by atoms with Gasteiger partial charge in [0.2, 0.25) is 5.95 Å². The average Bonchev–Trinajstić information content (AvgIpc) is 2.84. The van der Waals surface area contributed by atoms with Gasteiger partial charge in [0.05, 0.1) is 25.8 Å². The Morgan fingerprint density at radius 1 is 0.767 bits per heavy atom. The monoisotopic (exact) mass is 405 g/mol. The Hall–Kier alpha value is -3.06. The van der Waals surface area contributed by atoms with E-state index in [1.807, 2.05) is 18.2 Å². The summed E-state index contributed by atoms with van der Waals surface area (Å²) in [4.78, 5) is 16.9. The molecule has 0 N–H and O–H groups in total. The number of hydrogen-bond acceptors (Lipinski definition) is 7. The van der Waals surface area contributed by atoms with Gasteiger partial charge < -0.3 is 24.2 Å². The molecule has 0 atom stereocenters. The first-order valence-corrected chi connectivity index (χ1v) is 10.6. The Bertz CT molecular complexity index is 996. The summed E-state index contributed by atoms with van der Waals surface area (Å²) in [6.07, 6.45) is 0. The fourth-order valence-corrected chi connectivity index (χ4v) is 4.16. The van der Waals surface area contributed by atoms with Gasteiger partial charge in [-0.15, -0.1) is 0 Å². The Balaban J connectivity index is 1.37. The van der Waals surface area contributed by atoms with E-state index in [9.17, 15) is 0 Å². The number of para-hydroxylation sites is 1. The summed E-state index contributed by atoms with van der Waals surface area (Å²) in [6, 6.07) is 16.6. The Labute approximate surface area is 176 Å². The molecule has 2 aliphatic rings. The third kappa shape index (κ3) is 3.73. The highest BCUT2D eigenvalue weighted by Gasteiger charge is 2.23. The zero-order valence-corrected chi connectivity index (χ0v) is 17.3. The van der Waals surface area contributed by atoms with Crippen molar-refractivity contribution in [3.05, 3.63) is 48.5 Å². The van der Waals surface area contributed by atoms with Gasteiger partial charge in [-0.3, -0.25) is 0 Å². The van der Waals surface area contributed by atoms with Crippen LogP contribution in [0.25, 0.3) is 10.9 Å². The van der Waals surface area contributed by atoms with Gasteiger partial charge in [-0.1, -0.05) is 12.1 Å². The molecule has 0 saturated carbocycles. The van der Waals surface area contributed by atoms with E-state index in [2.05, 4.69) is 45.0 Å². The van der Waals surface area contributed by atoms with Crippen LogP contribution >= 0.6 is 0 Å². The molecule has 3 heterocycles. The summed E-state index contributed by atoms with van der Waals surface area (Å²) in [5.74, 6) is 2.73. The summed E-state index contributed by atoms with van der Waals surface area (Å²) >= 11 is 0. The molecule has 1 aromatic heterocycles. The normalized spacial score (nSPS) is 17.4. The minimum absolute atomic E-state index is 0.744. The number of aromatic nitrogens is 2. The van der Waals surface area contributed by atoms with Gasteiger partial charge in [-0.05, 0) is 36.4 Å². The number of hydrogen-bond donors (Lipinski definition) is 0. The molecule has 156 valence electrons. The number of benzene rings is 2. The first-order valence-electron chi connectivity index (χ1n) is 10.6. The summed E-state index contributed by atoms with van der Waals surface area (Å²) in [5, 5.41) is 1.11. The summed E-state index contributed by atoms with van der Waals surface area (Å²) in [5.41, 5.74) is 2.23. The number of rotatable bonds is 4. The summed E-state index contributed by atoms with van der Waals surface area (Å²) < 4.78 is 10.8. The smallest absolute Gasteiger partial charge is 0.228 e. The van der Waals surface area contributed by atoms with Crippen LogP contribution < -0.4 is 19.4 Å². The van der Waals surface area contributed by atoms with Crippen LogP contribution in [0.1, 0.15) is 0 Å². The number of piperazine rings is 1. The number of anilines is 3. The van der Waals surface area contributed by atoms with Gasteiger partial charge in [0.25, 0.3) is 0 Å². The standard InChI is InChI=1S/C23H27N5O2/c1-29-19-8-6-18(7-9-19)26-10-12-28(13-11-26)23-24-21-5-3-2-4-20(21)22(25-23)27-14-16-30-17-15-27/h2-9H,10-17H2,1H3. The lowest BCUT2D eigenvalue weighted by Crippen LogP contribution is -2.47. The van der Waals surface area contributed by atoms with E-state index < -0.39 is 0 Å². The molecule has 5 rings (SSSR count). The maximum absolute atomic E-state index is 5.54. The molecule has 0 spiro atoms. The number of ether oxygens (including phenoxy) is 2. The van der Waals surface area contributed by atoms with Gasteiger partial charge in [0.1, 0.15) is 11.6 Å². The molecule has 7 heteroatoms. The van der Waals surface area contributed by atoms with Crippen molar-refractivity contribution in [1.82, 2.24) is 9.97 Å². The highest BCUT2D eigenvalue weighted by atomic mass is 16.5. The van der Waals surface area contributed by atoms with Crippen molar-refractivity contribution in [2.24, 2.45) is 0 Å². The molecule has 7 nitrogen and oxygen atoms in total. The van der Waals surface area contributed by atoms with Gasteiger partial charge in [0.15, 0.2) is 0 Å². The molecule has 2 aliphatic heterocycles. The third-order valence-corrected chi connectivity index (χ3v) is 5.88. The summed E-state index contributed by atoms with van der Waals surface area (Å²) in [7, 11) is 1.70. The lowest BCUT2D eigenvalue weighted by Gasteiger charge is -2.37. The zero-order chi connectivity index (χ0) is 20.3. The van der Waals surface area contributed by atoms with E-state index >= 15 is 0 Å². The molecule has 2 aromatic carbocycles. The first kappa shape index (κ1) is 18.9. The molecule has 2 fully saturated rings. The minimum atomic E-state index is 0.744. The van der Waals surface area contributed by atoms with E-state index in [0.717, 1.165) is 80.9 Å². The fraction of sp³-hybridized carbons (Fsp3) is 0.391. The SMILES string of the molecule is COc1ccc(N2CCN(c3nc(N4CCOCC4)c4ccccc4n3)CC2)cc1. The second kappa shape index (κ2) is 8.36. The minimum Gasteiger partial charge on any atom is -0.497 e. The molecular formula is C23H27N5O2. The van der Waals surface area contributed by atoms with E-state index in [-0.39, 0.29) is 0 Å². The number of methoxy groups -OCH3 is 1. The number of nitrogens with zero attached hydrogens (tertiary/aromatic N) is 5. The van der Waals surface area contributed by atoms with Gasteiger partial charge in [-0.2, -0.15) is 4.98 Å². The summed E-state index contributed by atoms with van der Waals surface area (Å²) in [6.45, 7) is 6.89. The molecule has 3 aromatic rings. The average molecular weight is 406 g/mol. The van der Waals surface area contributed by atoms with Crippen molar-refractivity contribution in [2.75, 3.05) is 74.3 Å². The van der Waals surface area contributed by atoms with E-state index in [4.69, 9.17) is 19.4 Å². The van der Waals surface area contributed by atoms with Crippen LogP contribution in [-0.2, 0) is 4.74 Å². The Morgan fingerprint density at radius 3 is 2.20 bits per heavy atom. The van der Waals surface area contributed by atoms with Gasteiger partial charge >= 0.3 is 0 Å². The highest BCUT2D eigenvalue weighted by molar-refractivity contribution is 5.90. The van der Waals surface area contributed by atoms with Crippen molar-refractivity contribution in [3.8, 4) is 5.75 Å². The van der Waals surface area contributed by atoms with Crippen LogP contribution in [0.3, 0.4) is 0 Å². The molecular weight excluding hydrogens is 378 g/mol. The van der Waals surface area contributed by atoms with Crippen LogP contribution in [0.2, 0.25) is 0 Å². The molecule has 0 bridgehead atoms. The van der Waals surface area contributed by atoms with Crippen LogP contribution in [-0.4, -0.2) is 69.6 Å². The van der Waals surface area contributed by atoms with E-state index in [1.54, 1.807) is 7.11 Å². The Kier molecular flexibility index (Phi) is 5.27. The maximum Gasteiger partial charge on any atom is 0.228 e. The lowest BCUT2D eigenvalue weighted by atomic mass is 10.2. The zero-order valence-electron chi connectivity index (χ0n) is 17.3. The molecule has 30 heavy (non-hydrogen) atoms. The predicted octanol–water partition coefficient (Wildman–Crippen LogP) is 2.80. The Morgan fingerprint density at radius 2 is 1.47 bits per heavy atom. The second-order valence-corrected chi connectivity index (χ2v) is 7.64. The molecule has 0 aliphatic carbocycles. The molecule has 0 unspecified atom stereocenters. The quantitative estimate of drug-likeness (QED) is 0.662. The van der Waals surface area contributed by atoms with E-state index in [0.29, 0.717) is 0 Å². The van der Waals surface area contributed by atoms with Crippen molar-refractivity contribution in [3.63, 3.8) is 0 Å². The van der Waals surface area contributed by atoms with Crippen molar-refractivity contribution in [1.29, 1.82) is 0 Å². The number of morpholine rings is 1. The number of fused-ring (bicyclic) bond motifs is 1. The maximum atomic E-state index is 5.54. The van der Waals surface area contributed by atoms with E-state index in [1.165, 1.54) is 5.69 Å². The highest BCUT2D eigenvalue weighted by Crippen LogP contribution is 2.28. The van der Waals surface area contributed by atoms with Crippen molar-refractivity contribution >= 4 is 28.4 Å². The lowest BCUT2D eigenvalue weighted by molar-refractivity contribution is 0.122. The second-order valence-electron chi connectivity index (χ2n) is 7.64. The van der Waals surface area contributed by atoms with Gasteiger partial charge in [-0.25, -0.2) is 4.98 Å². The topological polar surface area (TPSA) is 54.0 Å². The third-order valence-electron chi connectivity index (χ3n) is 5.88. The van der Waals surface area contributed by atoms with Crippen molar-refractivity contribution in [2.45, 2.75) is 0 Å². The van der Waals surface area contributed by atoms with Crippen LogP contribution in [0.5, 0.6) is 5.75 Å². The van der Waals surface area contributed by atoms with Crippen LogP contribution in [0.4, 0.5) is 17.5 Å². The van der Waals surface area contributed by atoms with Gasteiger partial charge in [0, 0.05) is 50.3 Å². The van der Waals surface area contributed by atoms with Crippen molar-refractivity contribution < 1.29 is 9.47 Å². The first-order chi connectivity index (χ1) is 14.8. The van der Waals surface area contributed by atoms with Crippen LogP contribution in [0, 0.1) is 0 Å². The predicted molar refractivity (Wildman–Crippen MR) is 120 cm³/mol.